The van der Waals surface area contributed by atoms with E-state index in [4.69, 9.17) is 15.1 Å². The molecule has 0 radical (unpaired) electrons. The minimum absolute atomic E-state index is 0.0672. The summed E-state index contributed by atoms with van der Waals surface area (Å²) in [5.74, 6) is -0.262. The van der Waals surface area contributed by atoms with Crippen LogP contribution in [0.1, 0.15) is 28.4 Å². The van der Waals surface area contributed by atoms with E-state index in [9.17, 15) is 19.5 Å². The van der Waals surface area contributed by atoms with Crippen LogP contribution in [0, 0.1) is 23.1 Å². The van der Waals surface area contributed by atoms with Gasteiger partial charge in [-0.3, -0.25) is 9.48 Å². The number of nitrogens with one attached hydrogen (secondary N) is 1. The molecule has 0 unspecified atom stereocenters. The largest absolute Gasteiger partial charge is 0.552 e. The minimum atomic E-state index is -1.21. The number of ether oxygens (including phenoxy) is 1. The molecule has 2 atom stereocenters. The van der Waals surface area contributed by atoms with Crippen molar-refractivity contribution in [1.82, 2.24) is 9.78 Å². The molecule has 1 aromatic heterocycles. The third-order valence-electron chi connectivity index (χ3n) is 4.84. The van der Waals surface area contributed by atoms with Gasteiger partial charge in [0.2, 0.25) is 0 Å². The van der Waals surface area contributed by atoms with Crippen LogP contribution in [0.2, 0.25) is 0 Å². The van der Waals surface area contributed by atoms with E-state index < -0.39 is 18.8 Å². The van der Waals surface area contributed by atoms with Crippen molar-refractivity contribution >= 4 is 30.6 Å². The maximum atomic E-state index is 14.4. The standard InChI is InChI=1S/C18H17BFN5O4/c20-14-6-12(5-10-1-3-19(27)29-16(10)14)23-18-13(17(22)26)8-25(24-18)15-9-28-4-2-11(15)7-21/h1,3,5-6,8,11,15,27H,2,4,9H2,(H2,22,26)(H,23,24)/t11-,15+/m0/s1. The zero-order chi connectivity index (χ0) is 20.5. The van der Waals surface area contributed by atoms with E-state index >= 15 is 0 Å². The Hall–Kier alpha value is -3.36. The number of anilines is 2. The van der Waals surface area contributed by atoms with Crippen LogP contribution in [0.5, 0.6) is 5.75 Å². The molecule has 1 fully saturated rings. The first-order chi connectivity index (χ1) is 14.0. The Balaban J connectivity index is 1.67. The second-order valence-corrected chi connectivity index (χ2v) is 6.77. The van der Waals surface area contributed by atoms with E-state index in [1.807, 2.05) is 0 Å². The Bertz CT molecular complexity index is 1030. The molecule has 29 heavy (non-hydrogen) atoms. The van der Waals surface area contributed by atoms with Crippen LogP contribution < -0.4 is 15.7 Å². The Morgan fingerprint density at radius 2 is 2.34 bits per heavy atom. The number of hydrogen-bond acceptors (Lipinski definition) is 7. The number of primary amides is 1. The zero-order valence-electron chi connectivity index (χ0n) is 15.2. The molecule has 148 valence electrons. The first kappa shape index (κ1) is 19.0. The van der Waals surface area contributed by atoms with Crippen molar-refractivity contribution in [3.63, 3.8) is 0 Å². The molecule has 9 nitrogen and oxygen atoms in total. The highest BCUT2D eigenvalue weighted by Gasteiger charge is 2.30. The number of carbonyl (C=O) groups is 1. The number of fused-ring (bicyclic) bond motifs is 1. The summed E-state index contributed by atoms with van der Waals surface area (Å²) in [5, 5.41) is 26.1. The number of benzene rings is 1. The molecule has 11 heteroatoms. The van der Waals surface area contributed by atoms with Gasteiger partial charge in [0, 0.05) is 30.1 Å². The zero-order valence-corrected chi connectivity index (χ0v) is 15.2. The van der Waals surface area contributed by atoms with Gasteiger partial charge in [-0.1, -0.05) is 6.08 Å². The lowest BCUT2D eigenvalue weighted by molar-refractivity contribution is 0.0342. The lowest BCUT2D eigenvalue weighted by Crippen LogP contribution is -2.29. The number of rotatable bonds is 4. The maximum absolute atomic E-state index is 14.4. The molecule has 2 aliphatic rings. The molecule has 4 N–H and O–H groups in total. The van der Waals surface area contributed by atoms with Gasteiger partial charge in [-0.25, -0.2) is 4.39 Å². The molecule has 1 amide bonds. The summed E-state index contributed by atoms with van der Waals surface area (Å²) in [7, 11) is -1.21. The Morgan fingerprint density at radius 1 is 1.52 bits per heavy atom. The third kappa shape index (κ3) is 3.67. The number of aromatic nitrogens is 2. The highest BCUT2D eigenvalue weighted by Crippen LogP contribution is 2.33. The Morgan fingerprint density at radius 3 is 3.10 bits per heavy atom. The molecule has 1 aromatic carbocycles. The molecule has 2 aromatic rings. The van der Waals surface area contributed by atoms with Gasteiger partial charge in [0.05, 0.1) is 24.6 Å². The fourth-order valence-electron chi connectivity index (χ4n) is 3.39. The molecular formula is C18H17BFN5O4. The number of carbonyl (C=O) groups excluding carboxylic acids is 1. The third-order valence-corrected chi connectivity index (χ3v) is 4.84. The van der Waals surface area contributed by atoms with E-state index in [-0.39, 0.29) is 35.7 Å². The Labute approximate surface area is 165 Å². The average Bonchev–Trinajstić information content (AvgIpc) is 3.12. The topological polar surface area (TPSA) is 135 Å². The Kier molecular flexibility index (Phi) is 4.96. The number of halogens is 1. The lowest BCUT2D eigenvalue weighted by atomic mass is 9.86. The minimum Gasteiger partial charge on any atom is -0.530 e. The fourth-order valence-corrected chi connectivity index (χ4v) is 3.39. The van der Waals surface area contributed by atoms with Gasteiger partial charge >= 0.3 is 7.12 Å². The molecule has 0 bridgehead atoms. The van der Waals surface area contributed by atoms with Gasteiger partial charge in [0.15, 0.2) is 11.6 Å². The molecule has 3 heterocycles. The maximum Gasteiger partial charge on any atom is 0.552 e. The first-order valence-corrected chi connectivity index (χ1v) is 8.96. The van der Waals surface area contributed by atoms with Crippen LogP contribution in [-0.4, -0.2) is 41.0 Å². The first-order valence-electron chi connectivity index (χ1n) is 8.96. The molecule has 1 saturated heterocycles. The SMILES string of the molecule is N#C[C@@H]1CCOC[C@H]1n1cc(C(N)=O)c(Nc2cc(F)c3c(c2)C=CB(O)O3)n1. The molecule has 2 aliphatic heterocycles. The average molecular weight is 397 g/mol. The molecule has 0 aliphatic carbocycles. The number of nitriles is 1. The molecule has 0 saturated carbocycles. The summed E-state index contributed by atoms with van der Waals surface area (Å²) < 4.78 is 26.4. The van der Waals surface area contributed by atoms with E-state index in [0.29, 0.717) is 24.3 Å². The van der Waals surface area contributed by atoms with Crippen molar-refractivity contribution in [3.8, 4) is 11.8 Å². The predicted octanol–water partition coefficient (Wildman–Crippen LogP) is 1.39. The van der Waals surface area contributed by atoms with Crippen molar-refractivity contribution in [1.29, 1.82) is 5.26 Å². The summed E-state index contributed by atoms with van der Waals surface area (Å²) >= 11 is 0. The number of nitrogens with two attached hydrogens (primary N) is 1. The molecule has 0 spiro atoms. The fraction of sp³-hybridized carbons (Fsp3) is 0.278. The van der Waals surface area contributed by atoms with E-state index in [2.05, 4.69) is 16.5 Å². The van der Waals surface area contributed by atoms with Crippen LogP contribution in [-0.2, 0) is 4.74 Å². The smallest absolute Gasteiger partial charge is 0.530 e. The van der Waals surface area contributed by atoms with Crippen molar-refractivity contribution in [2.45, 2.75) is 12.5 Å². The molecule has 4 rings (SSSR count). The van der Waals surface area contributed by atoms with Crippen LogP contribution in [0.25, 0.3) is 6.08 Å². The van der Waals surface area contributed by atoms with Crippen LogP contribution in [0.4, 0.5) is 15.9 Å². The van der Waals surface area contributed by atoms with Gasteiger partial charge < -0.3 is 25.5 Å². The summed E-state index contributed by atoms with van der Waals surface area (Å²) in [6, 6.07) is 4.63. The summed E-state index contributed by atoms with van der Waals surface area (Å²) in [4.78, 5) is 11.9. The van der Waals surface area contributed by atoms with Gasteiger partial charge in [-0.05, 0) is 18.5 Å². The van der Waals surface area contributed by atoms with Crippen LogP contribution in [0.3, 0.4) is 0 Å². The van der Waals surface area contributed by atoms with Crippen LogP contribution >= 0.6 is 0 Å². The molecular weight excluding hydrogens is 380 g/mol. The highest BCUT2D eigenvalue weighted by molar-refractivity contribution is 6.51. The highest BCUT2D eigenvalue weighted by atomic mass is 19.1. The number of hydrogen-bond donors (Lipinski definition) is 3. The second-order valence-electron chi connectivity index (χ2n) is 6.77. The van der Waals surface area contributed by atoms with Crippen molar-refractivity contribution < 1.29 is 23.6 Å². The van der Waals surface area contributed by atoms with Crippen molar-refractivity contribution in [2.24, 2.45) is 11.7 Å². The van der Waals surface area contributed by atoms with Gasteiger partial charge in [0.25, 0.3) is 5.91 Å². The van der Waals surface area contributed by atoms with Gasteiger partial charge in [-0.15, -0.1) is 0 Å². The van der Waals surface area contributed by atoms with E-state index in [1.165, 1.54) is 22.9 Å². The van der Waals surface area contributed by atoms with Crippen LogP contribution in [0.15, 0.2) is 24.3 Å². The summed E-state index contributed by atoms with van der Waals surface area (Å²) in [6.45, 7) is 0.776. The number of amides is 1. The van der Waals surface area contributed by atoms with E-state index in [1.54, 1.807) is 6.07 Å². The van der Waals surface area contributed by atoms with Gasteiger partial charge in [0.1, 0.15) is 11.3 Å². The van der Waals surface area contributed by atoms with E-state index in [0.717, 1.165) is 6.07 Å². The number of nitrogens with zero attached hydrogens (tertiary/aromatic N) is 3. The second kappa shape index (κ2) is 7.58. The summed E-state index contributed by atoms with van der Waals surface area (Å²) in [6.07, 6.45) is 3.55. The quantitative estimate of drug-likeness (QED) is 0.664. The normalized spacial score (nSPS) is 20.5. The lowest BCUT2D eigenvalue weighted by Gasteiger charge is -2.26. The van der Waals surface area contributed by atoms with Gasteiger partial charge in [-0.2, -0.15) is 10.4 Å². The predicted molar refractivity (Wildman–Crippen MR) is 102 cm³/mol. The monoisotopic (exact) mass is 397 g/mol. The van der Waals surface area contributed by atoms with Crippen molar-refractivity contribution in [3.05, 3.63) is 41.2 Å². The summed E-state index contributed by atoms with van der Waals surface area (Å²) in [5.41, 5.74) is 6.31. The van der Waals surface area contributed by atoms with Crippen molar-refractivity contribution in [2.75, 3.05) is 18.5 Å².